The van der Waals surface area contributed by atoms with Crippen LogP contribution in [0.2, 0.25) is 0 Å². The number of aromatic nitrogens is 2. The van der Waals surface area contributed by atoms with E-state index in [2.05, 4.69) is 20.3 Å². The van der Waals surface area contributed by atoms with E-state index in [4.69, 9.17) is 4.74 Å². The van der Waals surface area contributed by atoms with Gasteiger partial charge in [0.2, 0.25) is 0 Å². The molecule has 1 aliphatic heterocycles. The van der Waals surface area contributed by atoms with Crippen LogP contribution in [0.25, 0.3) is 0 Å². The minimum atomic E-state index is -0.627. The third-order valence-electron chi connectivity index (χ3n) is 4.14. The fourth-order valence-electron chi connectivity index (χ4n) is 2.82. The average Bonchev–Trinajstić information content (AvgIpc) is 3.05. The van der Waals surface area contributed by atoms with Crippen LogP contribution in [0.15, 0.2) is 35.6 Å². The summed E-state index contributed by atoms with van der Waals surface area (Å²) < 4.78 is 21.0. The van der Waals surface area contributed by atoms with Crippen molar-refractivity contribution in [2.75, 3.05) is 26.7 Å². The molecule has 1 aliphatic rings. The van der Waals surface area contributed by atoms with Gasteiger partial charge in [0.1, 0.15) is 6.10 Å². The third kappa shape index (κ3) is 4.85. The van der Waals surface area contributed by atoms with Crippen molar-refractivity contribution in [3.05, 3.63) is 47.5 Å². The second-order valence-corrected chi connectivity index (χ2v) is 5.94. The molecule has 26 heavy (non-hydrogen) atoms. The van der Waals surface area contributed by atoms with Crippen molar-refractivity contribution >= 4 is 29.9 Å². The van der Waals surface area contributed by atoms with Crippen LogP contribution in [0, 0.1) is 5.82 Å². The first kappa shape index (κ1) is 20.4. The number of phenols is 1. The van der Waals surface area contributed by atoms with E-state index >= 15 is 0 Å². The number of phenolic OH excluding ortho intramolecular Hbond substituents is 1. The smallest absolute Gasteiger partial charge is 0.194 e. The van der Waals surface area contributed by atoms with Gasteiger partial charge in [-0.2, -0.15) is 5.10 Å². The van der Waals surface area contributed by atoms with E-state index in [0.29, 0.717) is 19.7 Å². The zero-order valence-electron chi connectivity index (χ0n) is 14.7. The number of guanidine groups is 1. The second kappa shape index (κ2) is 9.17. The molecule has 1 aromatic heterocycles. The van der Waals surface area contributed by atoms with Crippen molar-refractivity contribution < 1.29 is 14.2 Å². The number of benzene rings is 1. The molecule has 1 aromatic carbocycles. The summed E-state index contributed by atoms with van der Waals surface area (Å²) in [4.78, 5) is 6.42. The minimum absolute atomic E-state index is 0. The molecule has 2 N–H and O–H groups in total. The van der Waals surface area contributed by atoms with E-state index in [9.17, 15) is 9.50 Å². The predicted octanol–water partition coefficient (Wildman–Crippen LogP) is 2.03. The van der Waals surface area contributed by atoms with Crippen molar-refractivity contribution in [3.63, 3.8) is 0 Å². The summed E-state index contributed by atoms with van der Waals surface area (Å²) in [7, 11) is 3.59. The number of aromatic hydroxyl groups is 1. The summed E-state index contributed by atoms with van der Waals surface area (Å²) in [6.45, 7) is 2.39. The van der Waals surface area contributed by atoms with E-state index in [1.54, 1.807) is 17.8 Å². The maximum absolute atomic E-state index is 13.4. The maximum Gasteiger partial charge on any atom is 0.194 e. The van der Waals surface area contributed by atoms with Crippen molar-refractivity contribution in [2.45, 2.75) is 12.6 Å². The second-order valence-electron chi connectivity index (χ2n) is 5.94. The SMILES string of the molecule is CN=C(NCc1ccc(O)c(F)c1)N1CCOC(c2cnn(C)c2)C1.I. The Labute approximate surface area is 168 Å². The van der Waals surface area contributed by atoms with Gasteiger partial charge in [-0.05, 0) is 17.7 Å². The number of aliphatic imine (C=N–C) groups is 1. The zero-order chi connectivity index (χ0) is 17.8. The minimum Gasteiger partial charge on any atom is -0.505 e. The van der Waals surface area contributed by atoms with Crippen LogP contribution in [-0.4, -0.2) is 52.5 Å². The number of hydrogen-bond donors (Lipinski definition) is 2. The van der Waals surface area contributed by atoms with E-state index < -0.39 is 5.82 Å². The Morgan fingerprint density at radius 3 is 2.96 bits per heavy atom. The molecule has 1 saturated heterocycles. The number of halogens is 2. The lowest BCUT2D eigenvalue weighted by atomic mass is 10.1. The van der Waals surface area contributed by atoms with Gasteiger partial charge in [-0.1, -0.05) is 6.07 Å². The fraction of sp³-hybridized carbons (Fsp3) is 0.412. The molecular weight excluding hydrogens is 452 g/mol. The molecule has 0 bridgehead atoms. The highest BCUT2D eigenvalue weighted by Gasteiger charge is 2.25. The molecule has 1 fully saturated rings. The van der Waals surface area contributed by atoms with Crippen LogP contribution in [0.3, 0.4) is 0 Å². The first-order chi connectivity index (χ1) is 12.1. The van der Waals surface area contributed by atoms with Crippen LogP contribution >= 0.6 is 24.0 Å². The molecule has 0 amide bonds. The molecule has 0 saturated carbocycles. The maximum atomic E-state index is 13.4. The molecule has 0 radical (unpaired) electrons. The molecule has 9 heteroatoms. The summed E-state index contributed by atoms with van der Waals surface area (Å²) in [6.07, 6.45) is 3.69. The van der Waals surface area contributed by atoms with Gasteiger partial charge in [-0.15, -0.1) is 24.0 Å². The molecular formula is C17H23FIN5O2. The zero-order valence-corrected chi connectivity index (χ0v) is 17.1. The summed E-state index contributed by atoms with van der Waals surface area (Å²) in [6, 6.07) is 4.34. The molecule has 1 atom stereocenters. The molecule has 2 heterocycles. The first-order valence-corrected chi connectivity index (χ1v) is 8.10. The lowest BCUT2D eigenvalue weighted by Gasteiger charge is -2.34. The Kier molecular flexibility index (Phi) is 7.21. The molecule has 0 aliphatic carbocycles. The summed E-state index contributed by atoms with van der Waals surface area (Å²) in [5.41, 5.74) is 1.76. The first-order valence-electron chi connectivity index (χ1n) is 8.10. The molecule has 2 aromatic rings. The number of nitrogens with zero attached hydrogens (tertiary/aromatic N) is 4. The number of hydrogen-bond acceptors (Lipinski definition) is 4. The molecule has 0 spiro atoms. The van der Waals surface area contributed by atoms with E-state index in [-0.39, 0.29) is 35.8 Å². The van der Waals surface area contributed by atoms with Crippen molar-refractivity contribution in [1.29, 1.82) is 0 Å². The Morgan fingerprint density at radius 2 is 2.31 bits per heavy atom. The van der Waals surface area contributed by atoms with Gasteiger partial charge < -0.3 is 20.1 Å². The highest BCUT2D eigenvalue weighted by molar-refractivity contribution is 14.0. The van der Waals surface area contributed by atoms with Crippen LogP contribution < -0.4 is 5.32 Å². The van der Waals surface area contributed by atoms with Gasteiger partial charge in [-0.25, -0.2) is 4.39 Å². The van der Waals surface area contributed by atoms with E-state index in [0.717, 1.165) is 23.6 Å². The van der Waals surface area contributed by atoms with Gasteiger partial charge in [0.15, 0.2) is 17.5 Å². The Bertz CT molecular complexity index is 767. The van der Waals surface area contributed by atoms with Gasteiger partial charge in [0.25, 0.3) is 0 Å². The standard InChI is InChI=1S/C17H22FN5O2.HI/c1-19-17(20-8-12-3-4-15(24)14(18)7-12)23-5-6-25-16(11-23)13-9-21-22(2)10-13;/h3-4,7,9-10,16,24H,5-6,8,11H2,1-2H3,(H,19,20);1H. The topological polar surface area (TPSA) is 74.9 Å². The Balaban J connectivity index is 0.00000243. The normalized spacial score (nSPS) is 17.7. The average molecular weight is 475 g/mol. The van der Waals surface area contributed by atoms with E-state index in [1.807, 2.05) is 19.4 Å². The number of aryl methyl sites for hydroxylation is 1. The van der Waals surface area contributed by atoms with E-state index in [1.165, 1.54) is 12.1 Å². The molecule has 7 nitrogen and oxygen atoms in total. The van der Waals surface area contributed by atoms with Crippen LogP contribution in [0.1, 0.15) is 17.2 Å². The third-order valence-corrected chi connectivity index (χ3v) is 4.14. The van der Waals surface area contributed by atoms with Crippen LogP contribution in [-0.2, 0) is 18.3 Å². The summed E-state index contributed by atoms with van der Waals surface area (Å²) >= 11 is 0. The van der Waals surface area contributed by atoms with Gasteiger partial charge in [-0.3, -0.25) is 9.67 Å². The highest BCUT2D eigenvalue weighted by atomic mass is 127. The van der Waals surface area contributed by atoms with Crippen molar-refractivity contribution in [1.82, 2.24) is 20.0 Å². The molecule has 142 valence electrons. The van der Waals surface area contributed by atoms with Gasteiger partial charge >= 0.3 is 0 Å². The van der Waals surface area contributed by atoms with Crippen LogP contribution in [0.5, 0.6) is 5.75 Å². The quantitative estimate of drug-likeness (QED) is 0.404. The number of ether oxygens (including phenoxy) is 1. The van der Waals surface area contributed by atoms with Crippen molar-refractivity contribution in [2.24, 2.45) is 12.0 Å². The monoisotopic (exact) mass is 475 g/mol. The van der Waals surface area contributed by atoms with Crippen LogP contribution in [0.4, 0.5) is 4.39 Å². The fourth-order valence-corrected chi connectivity index (χ4v) is 2.82. The predicted molar refractivity (Wildman–Crippen MR) is 107 cm³/mol. The summed E-state index contributed by atoms with van der Waals surface area (Å²) in [5, 5.41) is 16.7. The molecule has 1 unspecified atom stereocenters. The van der Waals surface area contributed by atoms with Crippen molar-refractivity contribution in [3.8, 4) is 5.75 Å². The summed E-state index contributed by atoms with van der Waals surface area (Å²) in [5.74, 6) is -0.247. The lowest BCUT2D eigenvalue weighted by Crippen LogP contribution is -2.47. The Morgan fingerprint density at radius 1 is 1.50 bits per heavy atom. The van der Waals surface area contributed by atoms with Gasteiger partial charge in [0, 0.05) is 38.9 Å². The highest BCUT2D eigenvalue weighted by Crippen LogP contribution is 2.22. The largest absolute Gasteiger partial charge is 0.505 e. The number of rotatable bonds is 3. The number of nitrogens with one attached hydrogen (secondary N) is 1. The van der Waals surface area contributed by atoms with Gasteiger partial charge in [0.05, 0.1) is 19.3 Å². The lowest BCUT2D eigenvalue weighted by molar-refractivity contribution is -0.00805. The number of morpholine rings is 1. The molecule has 3 rings (SSSR count). The Hall–Kier alpha value is -1.88.